The van der Waals surface area contributed by atoms with Gasteiger partial charge in [-0.3, -0.25) is 14.3 Å². The Morgan fingerprint density at radius 2 is 1.73 bits per heavy atom. The quantitative estimate of drug-likeness (QED) is 0.446. The fraction of sp³-hybridized carbons (Fsp3) is 0.130. The topological polar surface area (TPSA) is 72.7 Å². The maximum atomic E-state index is 12.6. The number of pyridine rings is 1. The third-order valence-electron chi connectivity index (χ3n) is 4.55. The van der Waals surface area contributed by atoms with E-state index in [-0.39, 0.29) is 11.7 Å². The number of hydrogen-bond acceptors (Lipinski definition) is 5. The van der Waals surface area contributed by atoms with Crippen molar-refractivity contribution in [3.8, 4) is 17.2 Å². The van der Waals surface area contributed by atoms with E-state index in [4.69, 9.17) is 0 Å². The minimum atomic E-state index is -0.0807. The Morgan fingerprint density at radius 3 is 2.50 bits per heavy atom. The zero-order valence-electron chi connectivity index (χ0n) is 16.5. The van der Waals surface area contributed by atoms with Crippen molar-refractivity contribution in [3.63, 3.8) is 0 Å². The van der Waals surface area contributed by atoms with Gasteiger partial charge in [0.2, 0.25) is 5.91 Å². The minimum absolute atomic E-state index is 0.0807. The summed E-state index contributed by atoms with van der Waals surface area (Å²) in [4.78, 5) is 17.0. The van der Waals surface area contributed by atoms with Gasteiger partial charge < -0.3 is 5.32 Å². The Kier molecular flexibility index (Phi) is 6.20. The average molecular weight is 416 g/mol. The highest BCUT2D eigenvalue weighted by atomic mass is 32.2. The molecule has 0 spiro atoms. The standard InChI is InChI=1S/C23H21N5OS/c1-2-17-10-6-7-13-19(17)25-21(29)16-30-23-27-26-22(20-14-8-9-15-24-20)28(23)18-11-4-3-5-12-18/h3-15H,2,16H2,1H3,(H,25,29). The second-order valence-electron chi connectivity index (χ2n) is 6.54. The van der Waals surface area contributed by atoms with E-state index in [0.717, 1.165) is 29.1 Å². The molecule has 1 N–H and O–H groups in total. The van der Waals surface area contributed by atoms with Crippen LogP contribution in [0.5, 0.6) is 0 Å². The molecule has 0 atom stereocenters. The van der Waals surface area contributed by atoms with E-state index in [9.17, 15) is 4.79 Å². The van der Waals surface area contributed by atoms with Crippen molar-refractivity contribution in [1.82, 2.24) is 19.7 Å². The lowest BCUT2D eigenvalue weighted by atomic mass is 10.1. The number of amides is 1. The van der Waals surface area contributed by atoms with Crippen molar-refractivity contribution in [2.45, 2.75) is 18.5 Å². The molecule has 0 aliphatic heterocycles. The molecule has 6 nitrogen and oxygen atoms in total. The highest BCUT2D eigenvalue weighted by Gasteiger charge is 2.18. The van der Waals surface area contributed by atoms with Crippen molar-refractivity contribution in [2.75, 3.05) is 11.1 Å². The zero-order chi connectivity index (χ0) is 20.8. The normalized spacial score (nSPS) is 10.7. The molecule has 0 radical (unpaired) electrons. The highest BCUT2D eigenvalue weighted by molar-refractivity contribution is 7.99. The first-order valence-corrected chi connectivity index (χ1v) is 10.7. The SMILES string of the molecule is CCc1ccccc1NC(=O)CSc1nnc(-c2ccccn2)n1-c1ccccc1. The number of benzene rings is 2. The molecular formula is C23H21N5OS. The van der Waals surface area contributed by atoms with Crippen LogP contribution in [0, 0.1) is 0 Å². The van der Waals surface area contributed by atoms with Crippen LogP contribution < -0.4 is 5.32 Å². The minimum Gasteiger partial charge on any atom is -0.325 e. The van der Waals surface area contributed by atoms with Crippen LogP contribution >= 0.6 is 11.8 Å². The summed E-state index contributed by atoms with van der Waals surface area (Å²) in [6, 6.07) is 23.4. The van der Waals surface area contributed by atoms with Crippen LogP contribution in [0.4, 0.5) is 5.69 Å². The molecule has 0 aliphatic rings. The molecule has 30 heavy (non-hydrogen) atoms. The molecule has 1 amide bonds. The van der Waals surface area contributed by atoms with Gasteiger partial charge >= 0.3 is 0 Å². The number of carbonyl (C=O) groups is 1. The van der Waals surface area contributed by atoms with Crippen LogP contribution in [0.1, 0.15) is 12.5 Å². The summed E-state index contributed by atoms with van der Waals surface area (Å²) in [7, 11) is 0. The molecule has 150 valence electrons. The number of hydrogen-bond donors (Lipinski definition) is 1. The second-order valence-corrected chi connectivity index (χ2v) is 7.48. The van der Waals surface area contributed by atoms with Crippen molar-refractivity contribution in [2.24, 2.45) is 0 Å². The molecule has 4 aromatic rings. The average Bonchev–Trinajstić information content (AvgIpc) is 3.23. The number of aromatic nitrogens is 4. The predicted octanol–water partition coefficient (Wildman–Crippen LogP) is 4.62. The zero-order valence-corrected chi connectivity index (χ0v) is 17.3. The summed E-state index contributed by atoms with van der Waals surface area (Å²) >= 11 is 1.35. The van der Waals surface area contributed by atoms with E-state index in [1.54, 1.807) is 6.20 Å². The third-order valence-corrected chi connectivity index (χ3v) is 5.48. The number of anilines is 1. The van der Waals surface area contributed by atoms with Gasteiger partial charge in [-0.1, -0.05) is 61.2 Å². The van der Waals surface area contributed by atoms with Crippen molar-refractivity contribution in [3.05, 3.63) is 84.6 Å². The predicted molar refractivity (Wildman–Crippen MR) is 120 cm³/mol. The molecular weight excluding hydrogens is 394 g/mol. The summed E-state index contributed by atoms with van der Waals surface area (Å²) in [5.41, 5.74) is 3.61. The lowest BCUT2D eigenvalue weighted by molar-refractivity contribution is -0.113. The van der Waals surface area contributed by atoms with E-state index < -0.39 is 0 Å². The molecule has 0 bridgehead atoms. The van der Waals surface area contributed by atoms with Crippen LogP contribution in [-0.4, -0.2) is 31.4 Å². The number of para-hydroxylation sites is 2. The van der Waals surface area contributed by atoms with E-state index in [1.807, 2.05) is 77.4 Å². The Morgan fingerprint density at radius 1 is 0.967 bits per heavy atom. The summed E-state index contributed by atoms with van der Waals surface area (Å²) in [5.74, 6) is 0.787. The van der Waals surface area contributed by atoms with Crippen LogP contribution in [0.25, 0.3) is 17.2 Å². The van der Waals surface area contributed by atoms with Crippen LogP contribution in [-0.2, 0) is 11.2 Å². The molecule has 0 unspecified atom stereocenters. The van der Waals surface area contributed by atoms with Gasteiger partial charge in [0, 0.05) is 17.6 Å². The van der Waals surface area contributed by atoms with E-state index >= 15 is 0 Å². The van der Waals surface area contributed by atoms with Crippen molar-refractivity contribution >= 4 is 23.4 Å². The van der Waals surface area contributed by atoms with Gasteiger partial charge in [-0.2, -0.15) is 0 Å². The molecule has 2 aromatic carbocycles. The fourth-order valence-electron chi connectivity index (χ4n) is 3.10. The number of thioether (sulfide) groups is 1. The smallest absolute Gasteiger partial charge is 0.234 e. The maximum absolute atomic E-state index is 12.6. The molecule has 0 saturated carbocycles. The van der Waals surface area contributed by atoms with Gasteiger partial charge in [0.05, 0.1) is 5.75 Å². The largest absolute Gasteiger partial charge is 0.325 e. The van der Waals surface area contributed by atoms with E-state index in [0.29, 0.717) is 11.0 Å². The third kappa shape index (κ3) is 4.41. The fourth-order valence-corrected chi connectivity index (χ4v) is 3.85. The summed E-state index contributed by atoms with van der Waals surface area (Å²) in [5, 5.41) is 12.3. The number of rotatable bonds is 7. The molecule has 2 aromatic heterocycles. The van der Waals surface area contributed by atoms with E-state index in [2.05, 4.69) is 27.4 Å². The number of aryl methyl sites for hydroxylation is 1. The van der Waals surface area contributed by atoms with E-state index in [1.165, 1.54) is 11.8 Å². The van der Waals surface area contributed by atoms with Gasteiger partial charge in [-0.15, -0.1) is 10.2 Å². The first-order chi connectivity index (χ1) is 14.8. The number of nitrogens with zero attached hydrogens (tertiary/aromatic N) is 4. The first-order valence-electron chi connectivity index (χ1n) is 9.69. The van der Waals surface area contributed by atoms with Gasteiger partial charge in [0.15, 0.2) is 11.0 Å². The summed E-state index contributed by atoms with van der Waals surface area (Å²) in [6.07, 6.45) is 2.59. The molecule has 0 aliphatic carbocycles. The first kappa shape index (κ1) is 19.8. The molecule has 7 heteroatoms. The Balaban J connectivity index is 1.57. The Bertz CT molecular complexity index is 1130. The van der Waals surface area contributed by atoms with Crippen LogP contribution in [0.3, 0.4) is 0 Å². The number of nitrogens with one attached hydrogen (secondary N) is 1. The van der Waals surface area contributed by atoms with Crippen LogP contribution in [0.15, 0.2) is 84.1 Å². The number of carbonyl (C=O) groups excluding carboxylic acids is 1. The molecule has 0 fully saturated rings. The summed E-state index contributed by atoms with van der Waals surface area (Å²) < 4.78 is 1.93. The van der Waals surface area contributed by atoms with Gasteiger partial charge in [-0.25, -0.2) is 0 Å². The molecule has 0 saturated heterocycles. The highest BCUT2D eigenvalue weighted by Crippen LogP contribution is 2.27. The van der Waals surface area contributed by atoms with Gasteiger partial charge in [0.1, 0.15) is 5.69 Å². The monoisotopic (exact) mass is 415 g/mol. The molecule has 4 rings (SSSR count). The van der Waals surface area contributed by atoms with Gasteiger partial charge in [-0.05, 0) is 42.3 Å². The Labute approximate surface area is 179 Å². The lowest BCUT2D eigenvalue weighted by Crippen LogP contribution is -2.15. The second kappa shape index (κ2) is 9.37. The van der Waals surface area contributed by atoms with Crippen molar-refractivity contribution in [1.29, 1.82) is 0 Å². The van der Waals surface area contributed by atoms with Gasteiger partial charge in [0.25, 0.3) is 0 Å². The van der Waals surface area contributed by atoms with Crippen molar-refractivity contribution < 1.29 is 4.79 Å². The molecule has 2 heterocycles. The lowest BCUT2D eigenvalue weighted by Gasteiger charge is -2.11. The maximum Gasteiger partial charge on any atom is 0.234 e. The Hall–Kier alpha value is -3.45. The summed E-state index contributed by atoms with van der Waals surface area (Å²) in [6.45, 7) is 2.07. The van der Waals surface area contributed by atoms with Crippen LogP contribution in [0.2, 0.25) is 0 Å².